The summed E-state index contributed by atoms with van der Waals surface area (Å²) < 4.78 is 0. The van der Waals surface area contributed by atoms with E-state index in [2.05, 4.69) is 34.2 Å². The summed E-state index contributed by atoms with van der Waals surface area (Å²) in [6, 6.07) is 22.1. The Hall–Kier alpha value is -4.23. The second kappa shape index (κ2) is 9.33. The third-order valence-electron chi connectivity index (χ3n) is 5.98. The number of hydrogen-bond donors (Lipinski definition) is 2. The summed E-state index contributed by atoms with van der Waals surface area (Å²) in [5, 5.41) is 22.7. The molecular weight excluding hydrogens is 428 g/mol. The Morgan fingerprint density at radius 2 is 1.85 bits per heavy atom. The van der Waals surface area contributed by atoms with Gasteiger partial charge in [0.2, 0.25) is 0 Å². The maximum Gasteiger partial charge on any atom is 0.270 e. The molecule has 1 aliphatic rings. The maximum absolute atomic E-state index is 11.4. The van der Waals surface area contributed by atoms with Crippen molar-refractivity contribution in [3.8, 4) is 5.88 Å². The van der Waals surface area contributed by atoms with E-state index >= 15 is 0 Å². The Labute approximate surface area is 196 Å². The van der Waals surface area contributed by atoms with Gasteiger partial charge in [-0.1, -0.05) is 54.6 Å². The lowest BCUT2D eigenvalue weighted by molar-refractivity contribution is -0.384. The van der Waals surface area contributed by atoms with Crippen LogP contribution in [0.25, 0.3) is 10.9 Å². The Bertz CT molecular complexity index is 1390. The number of rotatable bonds is 6. The number of nitrogens with zero attached hydrogens (tertiary/aromatic N) is 3. The number of H-pyrrole nitrogens is 1. The molecule has 0 unspecified atom stereocenters. The number of aromatic amines is 1. The molecule has 34 heavy (non-hydrogen) atoms. The number of hydrogen-bond acceptors (Lipinski definition) is 5. The molecular formula is C27H24N4O3. The zero-order valence-electron chi connectivity index (χ0n) is 18.5. The standard InChI is InChI=1S/C27H24N4O3/c32-27-25(23-17-22(31(33)34)13-14-24(23)29-27)26(20-7-3-1-4-8-20)28-21-11-9-19(10-12-21)18-30-15-5-2-6-16-30/h1-5,7-14,17,29,32H,6,15-16,18H2. The Balaban J connectivity index is 1.56. The summed E-state index contributed by atoms with van der Waals surface area (Å²) >= 11 is 0. The second-order valence-corrected chi connectivity index (χ2v) is 8.32. The van der Waals surface area contributed by atoms with Crippen molar-refractivity contribution in [2.24, 2.45) is 4.99 Å². The highest BCUT2D eigenvalue weighted by atomic mass is 16.6. The van der Waals surface area contributed by atoms with Gasteiger partial charge in [0.05, 0.1) is 21.9 Å². The first-order valence-corrected chi connectivity index (χ1v) is 11.2. The van der Waals surface area contributed by atoms with E-state index in [1.54, 1.807) is 6.07 Å². The van der Waals surface area contributed by atoms with E-state index in [1.165, 1.54) is 17.7 Å². The van der Waals surface area contributed by atoms with Crippen LogP contribution in [0.3, 0.4) is 0 Å². The van der Waals surface area contributed by atoms with E-state index in [4.69, 9.17) is 4.99 Å². The van der Waals surface area contributed by atoms with Gasteiger partial charge < -0.3 is 10.1 Å². The molecule has 0 aliphatic carbocycles. The number of aliphatic imine (C=N–C) groups is 1. The van der Waals surface area contributed by atoms with Crippen LogP contribution in [0.4, 0.5) is 11.4 Å². The highest BCUT2D eigenvalue weighted by Crippen LogP contribution is 2.33. The van der Waals surface area contributed by atoms with Crippen molar-refractivity contribution in [1.29, 1.82) is 0 Å². The fourth-order valence-electron chi connectivity index (χ4n) is 4.28. The van der Waals surface area contributed by atoms with Crippen LogP contribution in [0.5, 0.6) is 5.88 Å². The number of nitrogens with one attached hydrogen (secondary N) is 1. The van der Waals surface area contributed by atoms with Crippen molar-refractivity contribution in [2.45, 2.75) is 13.0 Å². The first kappa shape index (κ1) is 21.6. The van der Waals surface area contributed by atoms with Gasteiger partial charge in [-0.2, -0.15) is 0 Å². The summed E-state index contributed by atoms with van der Waals surface area (Å²) in [5.74, 6) is -0.0760. The topological polar surface area (TPSA) is 94.8 Å². The molecule has 0 amide bonds. The lowest BCUT2D eigenvalue weighted by Gasteiger charge is -2.22. The molecule has 0 atom stereocenters. The van der Waals surface area contributed by atoms with Crippen molar-refractivity contribution < 1.29 is 10.0 Å². The molecule has 0 spiro atoms. The molecule has 7 nitrogen and oxygen atoms in total. The SMILES string of the molecule is O=[N+]([O-])c1ccc2[nH]c(O)c(C(=Nc3ccc(CN4CC=CCC4)cc3)c3ccccc3)c2c1. The second-order valence-electron chi connectivity index (χ2n) is 8.32. The van der Waals surface area contributed by atoms with Crippen molar-refractivity contribution in [3.05, 3.63) is 112 Å². The summed E-state index contributed by atoms with van der Waals surface area (Å²) in [6.07, 6.45) is 5.50. The average molecular weight is 453 g/mol. The molecule has 2 N–H and O–H groups in total. The normalized spacial score (nSPS) is 14.5. The molecule has 4 aromatic rings. The molecule has 1 aromatic heterocycles. The fourth-order valence-corrected chi connectivity index (χ4v) is 4.28. The number of non-ortho nitro benzene ring substituents is 1. The fraction of sp³-hybridized carbons (Fsp3) is 0.148. The van der Waals surface area contributed by atoms with Gasteiger partial charge in [0.15, 0.2) is 5.88 Å². The van der Waals surface area contributed by atoms with E-state index in [0.717, 1.165) is 37.3 Å². The summed E-state index contributed by atoms with van der Waals surface area (Å²) in [6.45, 7) is 2.90. The molecule has 0 fully saturated rings. The van der Waals surface area contributed by atoms with E-state index in [9.17, 15) is 15.2 Å². The van der Waals surface area contributed by atoms with Crippen LogP contribution < -0.4 is 0 Å². The van der Waals surface area contributed by atoms with Crippen LogP contribution in [0, 0.1) is 10.1 Å². The third kappa shape index (κ3) is 4.46. The molecule has 0 bridgehead atoms. The van der Waals surface area contributed by atoms with Crippen molar-refractivity contribution in [3.63, 3.8) is 0 Å². The van der Waals surface area contributed by atoms with Gasteiger partial charge in [-0.25, -0.2) is 4.99 Å². The van der Waals surface area contributed by atoms with E-state index in [0.29, 0.717) is 22.2 Å². The van der Waals surface area contributed by atoms with Gasteiger partial charge in [0, 0.05) is 48.2 Å². The van der Waals surface area contributed by atoms with Crippen LogP contribution in [0.1, 0.15) is 23.1 Å². The number of fused-ring (bicyclic) bond motifs is 1. The predicted molar refractivity (Wildman–Crippen MR) is 134 cm³/mol. The Morgan fingerprint density at radius 1 is 1.06 bits per heavy atom. The van der Waals surface area contributed by atoms with Crippen molar-refractivity contribution >= 4 is 28.0 Å². The lowest BCUT2D eigenvalue weighted by Crippen LogP contribution is -2.26. The zero-order chi connectivity index (χ0) is 23.5. The minimum absolute atomic E-state index is 0.0444. The zero-order valence-corrected chi connectivity index (χ0v) is 18.5. The van der Waals surface area contributed by atoms with Gasteiger partial charge in [-0.05, 0) is 30.2 Å². The lowest BCUT2D eigenvalue weighted by atomic mass is 10.0. The van der Waals surface area contributed by atoms with Crippen molar-refractivity contribution in [2.75, 3.05) is 13.1 Å². The summed E-state index contributed by atoms with van der Waals surface area (Å²) in [4.78, 5) is 21.1. The van der Waals surface area contributed by atoms with Gasteiger partial charge in [-0.3, -0.25) is 15.0 Å². The molecule has 170 valence electrons. The van der Waals surface area contributed by atoms with E-state index < -0.39 is 4.92 Å². The number of aromatic nitrogens is 1. The molecule has 0 saturated heterocycles. The number of nitro groups is 1. The molecule has 2 heterocycles. The maximum atomic E-state index is 11.4. The van der Waals surface area contributed by atoms with Crippen LogP contribution in [0.15, 0.2) is 89.9 Å². The number of nitro benzene ring substituents is 1. The average Bonchev–Trinajstić information content (AvgIpc) is 3.19. The van der Waals surface area contributed by atoms with Gasteiger partial charge >= 0.3 is 0 Å². The van der Waals surface area contributed by atoms with Gasteiger partial charge in [0.1, 0.15) is 0 Å². The number of benzene rings is 3. The van der Waals surface area contributed by atoms with Gasteiger partial charge in [-0.15, -0.1) is 0 Å². The van der Waals surface area contributed by atoms with Crippen LogP contribution >= 0.6 is 0 Å². The third-order valence-corrected chi connectivity index (χ3v) is 5.98. The Morgan fingerprint density at radius 3 is 2.56 bits per heavy atom. The smallest absolute Gasteiger partial charge is 0.270 e. The van der Waals surface area contributed by atoms with Crippen LogP contribution in [0.2, 0.25) is 0 Å². The first-order chi connectivity index (χ1) is 16.6. The summed E-state index contributed by atoms with van der Waals surface area (Å²) in [5.41, 5.74) is 4.29. The molecule has 0 radical (unpaired) electrons. The quantitative estimate of drug-likeness (QED) is 0.169. The van der Waals surface area contributed by atoms with Gasteiger partial charge in [0.25, 0.3) is 5.69 Å². The van der Waals surface area contributed by atoms with Crippen LogP contribution in [-0.4, -0.2) is 38.7 Å². The minimum Gasteiger partial charge on any atom is -0.494 e. The summed E-state index contributed by atoms with van der Waals surface area (Å²) in [7, 11) is 0. The van der Waals surface area contributed by atoms with E-state index in [-0.39, 0.29) is 11.6 Å². The highest BCUT2D eigenvalue weighted by molar-refractivity contribution is 6.22. The van der Waals surface area contributed by atoms with E-state index in [1.807, 2.05) is 42.5 Å². The molecule has 7 heteroatoms. The highest BCUT2D eigenvalue weighted by Gasteiger charge is 2.21. The minimum atomic E-state index is -0.441. The monoisotopic (exact) mass is 452 g/mol. The molecule has 1 aliphatic heterocycles. The van der Waals surface area contributed by atoms with Crippen LogP contribution in [-0.2, 0) is 6.54 Å². The molecule has 5 rings (SSSR count). The first-order valence-electron chi connectivity index (χ1n) is 11.2. The largest absolute Gasteiger partial charge is 0.494 e. The Kier molecular flexibility index (Phi) is 5.93. The molecule has 3 aromatic carbocycles. The number of aromatic hydroxyl groups is 1. The molecule has 0 saturated carbocycles. The predicted octanol–water partition coefficient (Wildman–Crippen LogP) is 5.71. The van der Waals surface area contributed by atoms with Crippen molar-refractivity contribution in [1.82, 2.24) is 9.88 Å².